The van der Waals surface area contributed by atoms with Gasteiger partial charge in [0.15, 0.2) is 18.7 Å². The molecule has 1 aliphatic heterocycles. The van der Waals surface area contributed by atoms with Crippen LogP contribution < -0.4 is 10.2 Å². The number of ether oxygens (including phenoxy) is 2. The van der Waals surface area contributed by atoms with Crippen molar-refractivity contribution in [2.45, 2.75) is 29.9 Å². The SMILES string of the molecule is COC(NC=S)[C@H]1CN(c2ccc(CCOS(=O)(=O)c3ccc(Cl)cc3)cc2)C(C=O)O1. The highest BCUT2D eigenvalue weighted by Gasteiger charge is 2.37. The Kier molecular flexibility index (Phi) is 8.57. The van der Waals surface area contributed by atoms with Gasteiger partial charge in [-0.15, -0.1) is 0 Å². The number of methoxy groups -OCH3 is 1. The van der Waals surface area contributed by atoms with Crippen molar-refractivity contribution in [3.8, 4) is 0 Å². The molecule has 0 saturated carbocycles. The Morgan fingerprint density at radius 3 is 2.53 bits per heavy atom. The number of hydrogen-bond donors (Lipinski definition) is 1. The molecule has 0 spiro atoms. The molecule has 2 aromatic carbocycles. The highest BCUT2D eigenvalue weighted by Crippen LogP contribution is 2.26. The monoisotopic (exact) mass is 498 g/mol. The molecular formula is C21H23ClN2O6S2. The number of carbonyl (C=O) groups is 1. The first-order valence-corrected chi connectivity index (χ1v) is 12.0. The normalized spacial score (nSPS) is 19.5. The topological polar surface area (TPSA) is 94.2 Å². The van der Waals surface area contributed by atoms with E-state index in [1.165, 1.54) is 36.9 Å². The molecule has 1 N–H and O–H groups in total. The number of halogens is 1. The van der Waals surface area contributed by atoms with E-state index in [2.05, 4.69) is 5.32 Å². The lowest BCUT2D eigenvalue weighted by molar-refractivity contribution is -0.121. The van der Waals surface area contributed by atoms with Crippen LogP contribution in [-0.2, 0) is 35.0 Å². The molecule has 0 radical (unpaired) electrons. The summed E-state index contributed by atoms with van der Waals surface area (Å²) in [4.78, 5) is 13.4. The zero-order chi connectivity index (χ0) is 23.1. The number of hydrogen-bond acceptors (Lipinski definition) is 8. The van der Waals surface area contributed by atoms with Gasteiger partial charge in [-0.3, -0.25) is 8.98 Å². The summed E-state index contributed by atoms with van der Waals surface area (Å²) in [7, 11) is -2.32. The molecule has 1 aliphatic rings. The van der Waals surface area contributed by atoms with Crippen molar-refractivity contribution in [2.75, 3.05) is 25.2 Å². The smallest absolute Gasteiger partial charge is 0.296 e. The molecule has 2 aromatic rings. The van der Waals surface area contributed by atoms with Crippen LogP contribution in [0.25, 0.3) is 0 Å². The van der Waals surface area contributed by atoms with Crippen molar-refractivity contribution in [1.82, 2.24) is 5.32 Å². The van der Waals surface area contributed by atoms with Gasteiger partial charge in [-0.1, -0.05) is 36.0 Å². The molecule has 0 aromatic heterocycles. The number of anilines is 1. The van der Waals surface area contributed by atoms with Crippen molar-refractivity contribution in [3.05, 3.63) is 59.1 Å². The van der Waals surface area contributed by atoms with Crippen LogP contribution in [0, 0.1) is 0 Å². The summed E-state index contributed by atoms with van der Waals surface area (Å²) >= 11 is 10.6. The Morgan fingerprint density at radius 2 is 1.94 bits per heavy atom. The Bertz CT molecular complexity index is 1020. The van der Waals surface area contributed by atoms with E-state index in [1.807, 2.05) is 29.2 Å². The number of nitrogens with zero attached hydrogens (tertiary/aromatic N) is 1. The lowest BCUT2D eigenvalue weighted by Crippen LogP contribution is -2.42. The van der Waals surface area contributed by atoms with Crippen LogP contribution in [0.3, 0.4) is 0 Å². The zero-order valence-corrected chi connectivity index (χ0v) is 19.6. The van der Waals surface area contributed by atoms with Gasteiger partial charge in [-0.2, -0.15) is 8.42 Å². The fourth-order valence-electron chi connectivity index (χ4n) is 3.31. The molecule has 32 heavy (non-hydrogen) atoms. The van der Waals surface area contributed by atoms with E-state index in [9.17, 15) is 13.2 Å². The second-order valence-corrected chi connectivity index (χ2v) is 9.23. The van der Waals surface area contributed by atoms with Gasteiger partial charge in [-0.25, -0.2) is 0 Å². The van der Waals surface area contributed by atoms with Crippen LogP contribution >= 0.6 is 23.8 Å². The fraction of sp³-hybridized carbons (Fsp3) is 0.333. The summed E-state index contributed by atoms with van der Waals surface area (Å²) < 4.78 is 40.7. The molecule has 1 heterocycles. The Hall–Kier alpha value is -2.08. The fourth-order valence-corrected chi connectivity index (χ4v) is 4.47. The third-order valence-electron chi connectivity index (χ3n) is 4.94. The summed E-state index contributed by atoms with van der Waals surface area (Å²) in [5.41, 5.74) is 3.02. The van der Waals surface area contributed by atoms with E-state index in [4.69, 9.17) is 37.5 Å². The van der Waals surface area contributed by atoms with Crippen LogP contribution in [0.2, 0.25) is 5.02 Å². The molecule has 0 amide bonds. The van der Waals surface area contributed by atoms with Gasteiger partial charge in [0, 0.05) is 17.8 Å². The van der Waals surface area contributed by atoms with Gasteiger partial charge in [0.2, 0.25) is 0 Å². The average Bonchev–Trinajstić information content (AvgIpc) is 3.22. The molecule has 172 valence electrons. The van der Waals surface area contributed by atoms with E-state index >= 15 is 0 Å². The number of rotatable bonds is 11. The number of thiocarbonyl (C=S) groups is 1. The van der Waals surface area contributed by atoms with Crippen LogP contribution in [0.5, 0.6) is 0 Å². The predicted octanol–water partition coefficient (Wildman–Crippen LogP) is 2.54. The van der Waals surface area contributed by atoms with Crippen molar-refractivity contribution in [3.63, 3.8) is 0 Å². The minimum absolute atomic E-state index is 0.00503. The lowest BCUT2D eigenvalue weighted by Gasteiger charge is -2.22. The largest absolute Gasteiger partial charge is 0.359 e. The van der Waals surface area contributed by atoms with E-state index in [-0.39, 0.29) is 17.6 Å². The van der Waals surface area contributed by atoms with Gasteiger partial charge in [-0.05, 0) is 48.4 Å². The second-order valence-electron chi connectivity index (χ2n) is 6.94. The molecule has 0 bridgehead atoms. The molecule has 11 heteroatoms. The first-order chi connectivity index (χ1) is 15.4. The molecule has 3 atom stereocenters. The summed E-state index contributed by atoms with van der Waals surface area (Å²) in [6.45, 7) is 0.425. The Balaban J connectivity index is 1.59. The second kappa shape index (κ2) is 11.2. The van der Waals surface area contributed by atoms with Crippen molar-refractivity contribution in [2.24, 2.45) is 0 Å². The van der Waals surface area contributed by atoms with Crippen LogP contribution in [0.1, 0.15) is 5.56 Å². The number of carbonyl (C=O) groups excluding carboxylic acids is 1. The average molecular weight is 499 g/mol. The third-order valence-corrected chi connectivity index (χ3v) is 6.65. The molecular weight excluding hydrogens is 476 g/mol. The molecule has 0 aliphatic carbocycles. The first-order valence-electron chi connectivity index (χ1n) is 9.72. The minimum atomic E-state index is -3.85. The first kappa shape index (κ1) is 24.6. The Labute approximate surface area is 197 Å². The van der Waals surface area contributed by atoms with Gasteiger partial charge in [0.1, 0.15) is 6.10 Å². The standard InChI is InChI=1S/C21H23ClN2O6S2/c1-28-21(23-14-31)19-12-24(20(13-25)30-19)17-6-2-15(3-7-17)10-11-29-32(26,27)18-8-4-16(22)5-9-18/h2-9,13-14,19-21H,10-12H2,1H3,(H,23,31)/t19-,20?,21?/m1/s1. The van der Waals surface area contributed by atoms with Gasteiger partial charge in [0.05, 0.1) is 23.5 Å². The van der Waals surface area contributed by atoms with E-state index in [0.717, 1.165) is 17.5 Å². The molecule has 8 nitrogen and oxygen atoms in total. The van der Waals surface area contributed by atoms with Crippen LogP contribution in [-0.4, -0.2) is 59.0 Å². The van der Waals surface area contributed by atoms with E-state index < -0.39 is 22.6 Å². The highest BCUT2D eigenvalue weighted by atomic mass is 35.5. The van der Waals surface area contributed by atoms with Gasteiger partial charge < -0.3 is 19.7 Å². The quantitative estimate of drug-likeness (QED) is 0.217. The maximum absolute atomic E-state index is 12.2. The van der Waals surface area contributed by atoms with Gasteiger partial charge >= 0.3 is 0 Å². The summed E-state index contributed by atoms with van der Waals surface area (Å²) in [6.07, 6.45) is -0.482. The van der Waals surface area contributed by atoms with Crippen LogP contribution in [0.15, 0.2) is 53.4 Å². The van der Waals surface area contributed by atoms with Crippen LogP contribution in [0.4, 0.5) is 5.69 Å². The number of nitrogens with one attached hydrogen (secondary N) is 1. The summed E-state index contributed by atoms with van der Waals surface area (Å²) in [5.74, 6) is 0. The van der Waals surface area contributed by atoms with Crippen molar-refractivity contribution in [1.29, 1.82) is 0 Å². The maximum atomic E-state index is 12.2. The number of aldehydes is 1. The molecule has 1 saturated heterocycles. The predicted molar refractivity (Wildman–Crippen MR) is 124 cm³/mol. The lowest BCUT2D eigenvalue weighted by atomic mass is 10.1. The van der Waals surface area contributed by atoms with Gasteiger partial charge in [0.25, 0.3) is 10.1 Å². The molecule has 3 rings (SSSR count). The zero-order valence-electron chi connectivity index (χ0n) is 17.2. The van der Waals surface area contributed by atoms with E-state index in [1.54, 1.807) is 0 Å². The highest BCUT2D eigenvalue weighted by molar-refractivity contribution is 7.86. The summed E-state index contributed by atoms with van der Waals surface area (Å²) in [5, 5.41) is 3.33. The molecule has 2 unspecified atom stereocenters. The number of benzene rings is 2. The maximum Gasteiger partial charge on any atom is 0.296 e. The van der Waals surface area contributed by atoms with Crippen molar-refractivity contribution >= 4 is 51.4 Å². The Morgan fingerprint density at radius 1 is 1.25 bits per heavy atom. The molecule has 1 fully saturated rings. The van der Waals surface area contributed by atoms with E-state index in [0.29, 0.717) is 18.0 Å². The minimum Gasteiger partial charge on any atom is -0.359 e. The summed E-state index contributed by atoms with van der Waals surface area (Å²) in [6, 6.07) is 13.2. The van der Waals surface area contributed by atoms with Crippen molar-refractivity contribution < 1.29 is 26.9 Å². The third kappa shape index (κ3) is 6.03.